The van der Waals surface area contributed by atoms with Crippen LogP contribution in [0.15, 0.2) is 24.3 Å². The fraction of sp³-hybridized carbons (Fsp3) is 0.500. The highest BCUT2D eigenvalue weighted by Crippen LogP contribution is 2.20. The summed E-state index contributed by atoms with van der Waals surface area (Å²) in [6, 6.07) is 7.97. The Labute approximate surface area is 107 Å². The summed E-state index contributed by atoms with van der Waals surface area (Å²) >= 11 is 0. The average Bonchev–Trinajstić information content (AvgIpc) is 2.87. The Balaban J connectivity index is 1.81. The first-order valence-electron chi connectivity index (χ1n) is 6.45. The quantitative estimate of drug-likeness (QED) is 0.797. The van der Waals surface area contributed by atoms with E-state index in [1.807, 2.05) is 36.1 Å². The Morgan fingerprint density at radius 1 is 1.33 bits per heavy atom. The molecule has 2 aliphatic rings. The van der Waals surface area contributed by atoms with E-state index in [9.17, 15) is 4.79 Å². The molecular weight excluding hydrogens is 228 g/mol. The first kappa shape index (κ1) is 11.7. The summed E-state index contributed by atoms with van der Waals surface area (Å²) in [5.74, 6) is 0.122. The zero-order valence-electron chi connectivity index (χ0n) is 10.6. The van der Waals surface area contributed by atoms with E-state index < -0.39 is 0 Å². The van der Waals surface area contributed by atoms with E-state index in [0.717, 1.165) is 18.7 Å². The van der Waals surface area contributed by atoms with E-state index in [0.29, 0.717) is 13.2 Å². The highest BCUT2D eigenvalue weighted by Gasteiger charge is 2.38. The third kappa shape index (κ3) is 2.02. The second-order valence-corrected chi connectivity index (χ2v) is 5.00. The van der Waals surface area contributed by atoms with E-state index in [2.05, 4.69) is 5.32 Å². The number of nitrogens with zero attached hydrogens (tertiary/aromatic N) is 1. The molecule has 0 radical (unpaired) electrons. The Morgan fingerprint density at radius 3 is 2.89 bits per heavy atom. The molecule has 2 aliphatic heterocycles. The number of ether oxygens (including phenoxy) is 1. The highest BCUT2D eigenvalue weighted by atomic mass is 16.5. The summed E-state index contributed by atoms with van der Waals surface area (Å²) in [5.41, 5.74) is 1.95. The van der Waals surface area contributed by atoms with Crippen molar-refractivity contribution in [3.05, 3.63) is 35.4 Å². The second-order valence-electron chi connectivity index (χ2n) is 5.00. The van der Waals surface area contributed by atoms with Crippen LogP contribution in [0.2, 0.25) is 0 Å². The molecule has 1 N–H and O–H groups in total. The predicted molar refractivity (Wildman–Crippen MR) is 68.6 cm³/mol. The van der Waals surface area contributed by atoms with Gasteiger partial charge < -0.3 is 15.0 Å². The van der Waals surface area contributed by atoms with Crippen LogP contribution in [0.1, 0.15) is 15.9 Å². The van der Waals surface area contributed by atoms with E-state index >= 15 is 0 Å². The molecule has 2 saturated heterocycles. The molecule has 2 heterocycles. The van der Waals surface area contributed by atoms with Gasteiger partial charge in [0, 0.05) is 25.2 Å². The van der Waals surface area contributed by atoms with Gasteiger partial charge in [0.2, 0.25) is 0 Å². The maximum Gasteiger partial charge on any atom is 0.254 e. The lowest BCUT2D eigenvalue weighted by Crippen LogP contribution is -2.53. The van der Waals surface area contributed by atoms with Crippen LogP contribution in [0.3, 0.4) is 0 Å². The molecule has 3 rings (SSSR count). The lowest BCUT2D eigenvalue weighted by molar-refractivity contribution is -0.0364. The smallest absolute Gasteiger partial charge is 0.254 e. The number of hydrogen-bond donors (Lipinski definition) is 1. The fourth-order valence-corrected chi connectivity index (χ4v) is 2.70. The van der Waals surface area contributed by atoms with Crippen LogP contribution in [-0.4, -0.2) is 49.2 Å². The Bertz CT molecular complexity index is 444. The van der Waals surface area contributed by atoms with Crippen molar-refractivity contribution in [2.45, 2.75) is 19.1 Å². The summed E-state index contributed by atoms with van der Waals surface area (Å²) in [5, 5.41) is 3.29. The topological polar surface area (TPSA) is 41.6 Å². The summed E-state index contributed by atoms with van der Waals surface area (Å²) < 4.78 is 5.68. The molecule has 4 heteroatoms. The Morgan fingerprint density at radius 2 is 2.11 bits per heavy atom. The molecule has 1 aromatic rings. The Hall–Kier alpha value is -1.39. The molecule has 1 aromatic carbocycles. The van der Waals surface area contributed by atoms with Gasteiger partial charge in [-0.15, -0.1) is 0 Å². The van der Waals surface area contributed by atoms with E-state index in [1.54, 1.807) is 0 Å². The first-order chi connectivity index (χ1) is 8.75. The molecule has 0 aromatic heterocycles. The van der Waals surface area contributed by atoms with Crippen LogP contribution in [0.5, 0.6) is 0 Å². The standard InChI is InChI=1S/C14H18N2O2/c1-10-2-4-11(5-3-10)14(17)16-6-7-18-13-9-15-8-12(13)16/h2-5,12-13,15H,6-9H2,1H3/t12-,13+/m0/s1. The van der Waals surface area contributed by atoms with Crippen molar-refractivity contribution >= 4 is 5.91 Å². The maximum atomic E-state index is 12.5. The van der Waals surface area contributed by atoms with E-state index in [-0.39, 0.29) is 18.1 Å². The first-order valence-corrected chi connectivity index (χ1v) is 6.45. The molecule has 2 atom stereocenters. The maximum absolute atomic E-state index is 12.5. The van der Waals surface area contributed by atoms with Crippen molar-refractivity contribution in [2.75, 3.05) is 26.2 Å². The molecule has 18 heavy (non-hydrogen) atoms. The van der Waals surface area contributed by atoms with Gasteiger partial charge in [0.1, 0.15) is 0 Å². The van der Waals surface area contributed by atoms with Crippen molar-refractivity contribution in [1.29, 1.82) is 0 Å². The second kappa shape index (κ2) is 4.71. The van der Waals surface area contributed by atoms with Crippen LogP contribution in [0.4, 0.5) is 0 Å². The number of benzene rings is 1. The summed E-state index contributed by atoms with van der Waals surface area (Å²) in [7, 11) is 0. The van der Waals surface area contributed by atoms with Crippen LogP contribution in [0, 0.1) is 6.92 Å². The van der Waals surface area contributed by atoms with Crippen molar-refractivity contribution < 1.29 is 9.53 Å². The van der Waals surface area contributed by atoms with Gasteiger partial charge in [0.25, 0.3) is 5.91 Å². The largest absolute Gasteiger partial charge is 0.373 e. The number of morpholine rings is 1. The van der Waals surface area contributed by atoms with Gasteiger partial charge in [-0.2, -0.15) is 0 Å². The summed E-state index contributed by atoms with van der Waals surface area (Å²) in [4.78, 5) is 14.5. The van der Waals surface area contributed by atoms with Crippen LogP contribution in [-0.2, 0) is 4.74 Å². The number of carbonyl (C=O) groups excluding carboxylic acids is 1. The minimum Gasteiger partial charge on any atom is -0.373 e. The number of aryl methyl sites for hydroxylation is 1. The minimum absolute atomic E-state index is 0.122. The SMILES string of the molecule is Cc1ccc(C(=O)N2CCO[C@@H]3CNC[C@@H]32)cc1. The number of fused-ring (bicyclic) bond motifs is 1. The summed E-state index contributed by atoms with van der Waals surface area (Å²) in [6.45, 7) is 5.04. The predicted octanol–water partition coefficient (Wildman–Crippen LogP) is 0.808. The van der Waals surface area contributed by atoms with Crippen LogP contribution in [0.25, 0.3) is 0 Å². The average molecular weight is 246 g/mol. The van der Waals surface area contributed by atoms with Gasteiger partial charge in [0.15, 0.2) is 0 Å². The monoisotopic (exact) mass is 246 g/mol. The van der Waals surface area contributed by atoms with Gasteiger partial charge >= 0.3 is 0 Å². The third-order valence-electron chi connectivity index (χ3n) is 3.75. The zero-order valence-corrected chi connectivity index (χ0v) is 10.6. The molecule has 0 bridgehead atoms. The van der Waals surface area contributed by atoms with E-state index in [4.69, 9.17) is 4.74 Å². The number of amides is 1. The van der Waals surface area contributed by atoms with Gasteiger partial charge in [-0.3, -0.25) is 4.79 Å². The normalized spacial score (nSPS) is 27.1. The van der Waals surface area contributed by atoms with Crippen molar-refractivity contribution in [3.63, 3.8) is 0 Å². The molecular formula is C14H18N2O2. The molecule has 0 unspecified atom stereocenters. The van der Waals surface area contributed by atoms with Crippen LogP contribution < -0.4 is 5.32 Å². The Kier molecular flexibility index (Phi) is 3.06. The van der Waals surface area contributed by atoms with E-state index in [1.165, 1.54) is 5.56 Å². The molecule has 1 amide bonds. The number of rotatable bonds is 1. The lowest BCUT2D eigenvalue weighted by Gasteiger charge is -2.37. The zero-order chi connectivity index (χ0) is 12.5. The fourth-order valence-electron chi connectivity index (χ4n) is 2.70. The van der Waals surface area contributed by atoms with Crippen molar-refractivity contribution in [2.24, 2.45) is 0 Å². The number of nitrogens with one attached hydrogen (secondary N) is 1. The molecule has 0 aliphatic carbocycles. The van der Waals surface area contributed by atoms with Gasteiger partial charge in [0.05, 0.1) is 18.8 Å². The molecule has 96 valence electrons. The lowest BCUT2D eigenvalue weighted by atomic mass is 10.1. The molecule has 0 spiro atoms. The molecule has 4 nitrogen and oxygen atoms in total. The van der Waals surface area contributed by atoms with Gasteiger partial charge in [-0.25, -0.2) is 0 Å². The van der Waals surface area contributed by atoms with Gasteiger partial charge in [-0.05, 0) is 19.1 Å². The van der Waals surface area contributed by atoms with Crippen molar-refractivity contribution in [3.8, 4) is 0 Å². The third-order valence-corrected chi connectivity index (χ3v) is 3.75. The highest BCUT2D eigenvalue weighted by molar-refractivity contribution is 5.94. The van der Waals surface area contributed by atoms with Gasteiger partial charge in [-0.1, -0.05) is 17.7 Å². The number of carbonyl (C=O) groups is 1. The minimum atomic E-state index is 0.122. The molecule has 2 fully saturated rings. The molecule has 0 saturated carbocycles. The number of hydrogen-bond acceptors (Lipinski definition) is 3. The van der Waals surface area contributed by atoms with Crippen LogP contribution >= 0.6 is 0 Å². The summed E-state index contributed by atoms with van der Waals surface area (Å²) in [6.07, 6.45) is 0.160. The van der Waals surface area contributed by atoms with Crippen molar-refractivity contribution in [1.82, 2.24) is 10.2 Å².